The van der Waals surface area contributed by atoms with Crippen LogP contribution in [0, 0.1) is 17.0 Å². The van der Waals surface area contributed by atoms with Crippen molar-refractivity contribution in [2.45, 2.75) is 19.1 Å². The second kappa shape index (κ2) is 10.3. The molecule has 1 fully saturated rings. The standard InChI is InChI=1S/C22H26N4O4S/c1-16-7-9-18(10-8-16)23-21(27)15-31-17(2)22(28)25-13-11-24(12-14-25)19-5-3-4-6-20(19)26(29)30/h3-10,17H,11-15H2,1-2H3,(H,23,27). The first-order valence-electron chi connectivity index (χ1n) is 10.1. The number of anilines is 2. The van der Waals surface area contributed by atoms with E-state index >= 15 is 0 Å². The second-order valence-electron chi connectivity index (χ2n) is 7.43. The lowest BCUT2D eigenvalue weighted by Gasteiger charge is -2.36. The maximum absolute atomic E-state index is 12.8. The van der Waals surface area contributed by atoms with Gasteiger partial charge in [-0.1, -0.05) is 29.8 Å². The predicted octanol–water partition coefficient (Wildman–Crippen LogP) is 3.31. The van der Waals surface area contributed by atoms with Gasteiger partial charge in [-0.3, -0.25) is 19.7 Å². The number of amides is 2. The van der Waals surface area contributed by atoms with Gasteiger partial charge in [-0.05, 0) is 32.0 Å². The van der Waals surface area contributed by atoms with Gasteiger partial charge in [0, 0.05) is 37.9 Å². The molecule has 0 saturated carbocycles. The Balaban J connectivity index is 1.47. The summed E-state index contributed by atoms with van der Waals surface area (Å²) < 4.78 is 0. The molecule has 1 atom stereocenters. The van der Waals surface area contributed by atoms with E-state index in [9.17, 15) is 19.7 Å². The van der Waals surface area contributed by atoms with Gasteiger partial charge in [-0.25, -0.2) is 0 Å². The van der Waals surface area contributed by atoms with Crippen molar-refractivity contribution in [2.75, 3.05) is 42.1 Å². The average Bonchev–Trinajstić information content (AvgIpc) is 2.78. The lowest BCUT2D eigenvalue weighted by atomic mass is 10.2. The number of rotatable bonds is 7. The van der Waals surface area contributed by atoms with Crippen LogP contribution in [0.15, 0.2) is 48.5 Å². The molecule has 1 unspecified atom stereocenters. The van der Waals surface area contributed by atoms with Gasteiger partial charge in [0.15, 0.2) is 0 Å². The first-order valence-corrected chi connectivity index (χ1v) is 11.2. The molecule has 9 heteroatoms. The van der Waals surface area contributed by atoms with Crippen molar-refractivity contribution in [1.29, 1.82) is 0 Å². The molecule has 2 aromatic rings. The van der Waals surface area contributed by atoms with E-state index in [1.165, 1.54) is 17.8 Å². The topological polar surface area (TPSA) is 95.8 Å². The van der Waals surface area contributed by atoms with Crippen molar-refractivity contribution >= 4 is 40.6 Å². The molecule has 0 bridgehead atoms. The number of carbonyl (C=O) groups is 2. The van der Waals surface area contributed by atoms with Crippen LogP contribution in [0.5, 0.6) is 0 Å². The summed E-state index contributed by atoms with van der Waals surface area (Å²) in [6.45, 7) is 5.83. The fourth-order valence-electron chi connectivity index (χ4n) is 3.42. The molecule has 164 valence electrons. The van der Waals surface area contributed by atoms with E-state index in [0.29, 0.717) is 31.9 Å². The van der Waals surface area contributed by atoms with Crippen LogP contribution in [0.1, 0.15) is 12.5 Å². The molecule has 3 rings (SSSR count). The van der Waals surface area contributed by atoms with E-state index in [0.717, 1.165) is 11.3 Å². The third kappa shape index (κ3) is 5.97. The highest BCUT2D eigenvalue weighted by molar-refractivity contribution is 8.01. The van der Waals surface area contributed by atoms with E-state index in [-0.39, 0.29) is 33.4 Å². The van der Waals surface area contributed by atoms with Crippen LogP contribution in [0.2, 0.25) is 0 Å². The Morgan fingerprint density at radius 1 is 1.10 bits per heavy atom. The van der Waals surface area contributed by atoms with Crippen LogP contribution in [0.3, 0.4) is 0 Å². The van der Waals surface area contributed by atoms with Gasteiger partial charge in [0.25, 0.3) is 5.69 Å². The van der Waals surface area contributed by atoms with Gasteiger partial charge in [0.1, 0.15) is 5.69 Å². The summed E-state index contributed by atoms with van der Waals surface area (Å²) in [5.41, 5.74) is 2.51. The van der Waals surface area contributed by atoms with Crippen LogP contribution in [0.25, 0.3) is 0 Å². The predicted molar refractivity (Wildman–Crippen MR) is 124 cm³/mol. The molecule has 0 aliphatic carbocycles. The number of thioether (sulfide) groups is 1. The molecule has 1 N–H and O–H groups in total. The normalized spacial score (nSPS) is 14.8. The molecular formula is C22H26N4O4S. The van der Waals surface area contributed by atoms with E-state index in [4.69, 9.17) is 0 Å². The highest BCUT2D eigenvalue weighted by Gasteiger charge is 2.28. The lowest BCUT2D eigenvalue weighted by molar-refractivity contribution is -0.384. The number of aryl methyl sites for hydroxylation is 1. The summed E-state index contributed by atoms with van der Waals surface area (Å²) in [4.78, 5) is 39.5. The number of piperazine rings is 1. The summed E-state index contributed by atoms with van der Waals surface area (Å²) in [5, 5.41) is 13.8. The quantitative estimate of drug-likeness (QED) is 0.522. The Bertz CT molecular complexity index is 943. The zero-order valence-electron chi connectivity index (χ0n) is 17.6. The number of para-hydroxylation sites is 2. The van der Waals surface area contributed by atoms with E-state index in [1.54, 1.807) is 30.0 Å². The van der Waals surface area contributed by atoms with Crippen LogP contribution < -0.4 is 10.2 Å². The lowest BCUT2D eigenvalue weighted by Crippen LogP contribution is -2.50. The second-order valence-corrected chi connectivity index (χ2v) is 8.75. The first-order chi connectivity index (χ1) is 14.8. The molecule has 0 spiro atoms. The Morgan fingerprint density at radius 2 is 1.74 bits per heavy atom. The van der Waals surface area contributed by atoms with E-state index in [2.05, 4.69) is 5.32 Å². The molecule has 8 nitrogen and oxygen atoms in total. The monoisotopic (exact) mass is 442 g/mol. The molecular weight excluding hydrogens is 416 g/mol. The summed E-state index contributed by atoms with van der Waals surface area (Å²) >= 11 is 1.31. The van der Waals surface area contributed by atoms with Crippen molar-refractivity contribution in [2.24, 2.45) is 0 Å². The summed E-state index contributed by atoms with van der Waals surface area (Å²) in [6.07, 6.45) is 0. The van der Waals surface area contributed by atoms with Crippen molar-refractivity contribution < 1.29 is 14.5 Å². The smallest absolute Gasteiger partial charge is 0.292 e. The Kier molecular flexibility index (Phi) is 7.51. The highest BCUT2D eigenvalue weighted by atomic mass is 32.2. The SMILES string of the molecule is Cc1ccc(NC(=O)CSC(C)C(=O)N2CCN(c3ccccc3[N+](=O)[O-])CC2)cc1. The van der Waals surface area contributed by atoms with Crippen LogP contribution in [-0.2, 0) is 9.59 Å². The fraction of sp³-hybridized carbons (Fsp3) is 0.364. The molecule has 2 amide bonds. The molecule has 0 radical (unpaired) electrons. The minimum atomic E-state index is -0.382. The summed E-state index contributed by atoms with van der Waals surface area (Å²) in [5.74, 6) is 0.0294. The van der Waals surface area contributed by atoms with Gasteiger partial charge < -0.3 is 15.1 Å². The number of nitro benzene ring substituents is 1. The van der Waals surface area contributed by atoms with Gasteiger partial charge in [-0.2, -0.15) is 0 Å². The fourth-order valence-corrected chi connectivity index (χ4v) is 4.18. The van der Waals surface area contributed by atoms with E-state index < -0.39 is 0 Å². The Hall–Kier alpha value is -3.07. The largest absolute Gasteiger partial charge is 0.362 e. The van der Waals surface area contributed by atoms with Crippen LogP contribution >= 0.6 is 11.8 Å². The van der Waals surface area contributed by atoms with Crippen molar-refractivity contribution in [3.8, 4) is 0 Å². The maximum Gasteiger partial charge on any atom is 0.292 e. The molecule has 31 heavy (non-hydrogen) atoms. The highest BCUT2D eigenvalue weighted by Crippen LogP contribution is 2.28. The number of nitrogens with zero attached hydrogens (tertiary/aromatic N) is 3. The number of benzene rings is 2. The zero-order valence-corrected chi connectivity index (χ0v) is 18.4. The molecule has 0 aromatic heterocycles. The van der Waals surface area contributed by atoms with Crippen LogP contribution in [0.4, 0.5) is 17.1 Å². The maximum atomic E-state index is 12.8. The van der Waals surface area contributed by atoms with Crippen molar-refractivity contribution in [3.05, 3.63) is 64.2 Å². The van der Waals surface area contributed by atoms with Crippen molar-refractivity contribution in [1.82, 2.24) is 4.90 Å². The zero-order chi connectivity index (χ0) is 22.4. The number of hydrogen-bond donors (Lipinski definition) is 1. The third-order valence-electron chi connectivity index (χ3n) is 5.16. The summed E-state index contributed by atoms with van der Waals surface area (Å²) in [6, 6.07) is 14.2. The Morgan fingerprint density at radius 3 is 2.39 bits per heavy atom. The first kappa shape index (κ1) is 22.6. The van der Waals surface area contributed by atoms with Gasteiger partial charge in [0.2, 0.25) is 11.8 Å². The van der Waals surface area contributed by atoms with Crippen molar-refractivity contribution in [3.63, 3.8) is 0 Å². The number of nitrogens with one attached hydrogen (secondary N) is 1. The van der Waals surface area contributed by atoms with Gasteiger partial charge in [-0.15, -0.1) is 11.8 Å². The molecule has 1 aliphatic rings. The molecule has 2 aromatic carbocycles. The third-order valence-corrected chi connectivity index (χ3v) is 6.29. The molecule has 1 saturated heterocycles. The molecule has 1 aliphatic heterocycles. The molecule has 1 heterocycles. The van der Waals surface area contributed by atoms with Gasteiger partial charge in [0.05, 0.1) is 15.9 Å². The van der Waals surface area contributed by atoms with E-state index in [1.807, 2.05) is 36.1 Å². The van der Waals surface area contributed by atoms with Gasteiger partial charge >= 0.3 is 0 Å². The van der Waals surface area contributed by atoms with Crippen LogP contribution in [-0.4, -0.2) is 58.8 Å². The number of nitro groups is 1. The minimum absolute atomic E-state index is 0.0182. The Labute approximate surface area is 185 Å². The summed E-state index contributed by atoms with van der Waals surface area (Å²) in [7, 11) is 0. The average molecular weight is 443 g/mol. The number of carbonyl (C=O) groups excluding carboxylic acids is 2. The minimum Gasteiger partial charge on any atom is -0.362 e. The number of hydrogen-bond acceptors (Lipinski definition) is 6.